The molecule has 1 rings (SSSR count). The third kappa shape index (κ3) is 1.08. The normalized spacial score (nSPS) is 23.4. The Morgan fingerprint density at radius 3 is 1.80 bits per heavy atom. The molecule has 0 aromatic carbocycles. The third-order valence-electron chi connectivity index (χ3n) is 2.67. The number of nitrogens with zero attached hydrogens (tertiary/aromatic N) is 1. The standard InChI is InChI=1S/C8H17NS/c1-7(2)8(9(3)4)5-10-6-8/h7H,5-6H2,1-4H3. The zero-order valence-electron chi connectivity index (χ0n) is 7.35. The quantitative estimate of drug-likeness (QED) is 0.603. The van der Waals surface area contributed by atoms with Gasteiger partial charge in [0.2, 0.25) is 0 Å². The van der Waals surface area contributed by atoms with Crippen LogP contribution < -0.4 is 0 Å². The second-order valence-electron chi connectivity index (χ2n) is 3.65. The highest BCUT2D eigenvalue weighted by molar-refractivity contribution is 8.00. The molecule has 1 saturated heterocycles. The van der Waals surface area contributed by atoms with Crippen LogP contribution in [0.2, 0.25) is 0 Å². The van der Waals surface area contributed by atoms with Crippen LogP contribution in [0.4, 0.5) is 0 Å². The van der Waals surface area contributed by atoms with E-state index < -0.39 is 0 Å². The number of hydrogen-bond acceptors (Lipinski definition) is 2. The molecule has 0 radical (unpaired) electrons. The van der Waals surface area contributed by atoms with Crippen molar-refractivity contribution in [2.75, 3.05) is 25.6 Å². The number of hydrogen-bond donors (Lipinski definition) is 0. The van der Waals surface area contributed by atoms with E-state index in [1.807, 2.05) is 0 Å². The average molecular weight is 159 g/mol. The molecule has 0 N–H and O–H groups in total. The highest BCUT2D eigenvalue weighted by Crippen LogP contribution is 2.39. The molecule has 0 aromatic heterocycles. The largest absolute Gasteiger partial charge is 0.302 e. The molecule has 2 heteroatoms. The van der Waals surface area contributed by atoms with Gasteiger partial charge in [-0.25, -0.2) is 0 Å². The third-order valence-corrected chi connectivity index (χ3v) is 4.08. The van der Waals surface area contributed by atoms with Gasteiger partial charge in [-0.05, 0) is 20.0 Å². The maximum atomic E-state index is 2.38. The highest BCUT2D eigenvalue weighted by Gasteiger charge is 2.42. The lowest BCUT2D eigenvalue weighted by Crippen LogP contribution is -2.58. The molecule has 0 spiro atoms. The molecule has 1 aliphatic heterocycles. The van der Waals surface area contributed by atoms with Crippen molar-refractivity contribution in [3.05, 3.63) is 0 Å². The lowest BCUT2D eigenvalue weighted by atomic mass is 9.88. The van der Waals surface area contributed by atoms with Crippen molar-refractivity contribution in [2.24, 2.45) is 5.92 Å². The van der Waals surface area contributed by atoms with E-state index in [9.17, 15) is 0 Å². The molecule has 1 nitrogen and oxygen atoms in total. The van der Waals surface area contributed by atoms with Crippen molar-refractivity contribution in [2.45, 2.75) is 19.4 Å². The molecule has 1 fully saturated rings. The van der Waals surface area contributed by atoms with Gasteiger partial charge in [-0.2, -0.15) is 11.8 Å². The maximum absolute atomic E-state index is 2.38. The second-order valence-corrected chi connectivity index (χ2v) is 4.63. The topological polar surface area (TPSA) is 3.24 Å². The van der Waals surface area contributed by atoms with Crippen LogP contribution in [0.15, 0.2) is 0 Å². The van der Waals surface area contributed by atoms with Crippen molar-refractivity contribution in [1.29, 1.82) is 0 Å². The van der Waals surface area contributed by atoms with Crippen LogP contribution in [0.25, 0.3) is 0 Å². The van der Waals surface area contributed by atoms with E-state index in [1.165, 1.54) is 11.5 Å². The summed E-state index contributed by atoms with van der Waals surface area (Å²) < 4.78 is 0. The molecule has 0 atom stereocenters. The Bertz CT molecular complexity index is 106. The fourth-order valence-corrected chi connectivity index (χ4v) is 3.22. The average Bonchev–Trinajstić information content (AvgIpc) is 1.57. The van der Waals surface area contributed by atoms with Gasteiger partial charge in [0.05, 0.1) is 0 Å². The van der Waals surface area contributed by atoms with Crippen LogP contribution in [-0.2, 0) is 0 Å². The lowest BCUT2D eigenvalue weighted by Gasteiger charge is -2.49. The van der Waals surface area contributed by atoms with Gasteiger partial charge in [0.1, 0.15) is 0 Å². The zero-order valence-corrected chi connectivity index (χ0v) is 8.16. The summed E-state index contributed by atoms with van der Waals surface area (Å²) in [5.41, 5.74) is 0.519. The molecule has 10 heavy (non-hydrogen) atoms. The first-order valence-electron chi connectivity index (χ1n) is 3.85. The predicted molar refractivity (Wildman–Crippen MR) is 48.6 cm³/mol. The maximum Gasteiger partial charge on any atom is 0.0406 e. The van der Waals surface area contributed by atoms with E-state index in [1.54, 1.807) is 0 Å². The monoisotopic (exact) mass is 159 g/mol. The van der Waals surface area contributed by atoms with Gasteiger partial charge in [-0.3, -0.25) is 0 Å². The fourth-order valence-electron chi connectivity index (χ4n) is 1.42. The summed E-state index contributed by atoms with van der Waals surface area (Å²) in [5, 5.41) is 0. The SMILES string of the molecule is CC(C)C1(N(C)C)CSC1. The zero-order chi connectivity index (χ0) is 7.78. The summed E-state index contributed by atoms with van der Waals surface area (Å²) in [6.07, 6.45) is 0. The Morgan fingerprint density at radius 1 is 1.30 bits per heavy atom. The molecule has 0 aromatic rings. The van der Waals surface area contributed by atoms with Crippen molar-refractivity contribution in [1.82, 2.24) is 4.90 Å². The van der Waals surface area contributed by atoms with Crippen molar-refractivity contribution >= 4 is 11.8 Å². The first kappa shape index (κ1) is 8.41. The van der Waals surface area contributed by atoms with E-state index in [4.69, 9.17) is 0 Å². The Morgan fingerprint density at radius 2 is 1.80 bits per heavy atom. The summed E-state index contributed by atoms with van der Waals surface area (Å²) in [6.45, 7) is 4.64. The minimum Gasteiger partial charge on any atom is -0.302 e. The summed E-state index contributed by atoms with van der Waals surface area (Å²) in [5.74, 6) is 3.43. The first-order chi connectivity index (χ1) is 4.59. The molecule has 0 saturated carbocycles. The van der Waals surface area contributed by atoms with Crippen molar-refractivity contribution in [3.8, 4) is 0 Å². The van der Waals surface area contributed by atoms with Gasteiger partial charge in [0.15, 0.2) is 0 Å². The Labute approximate surface area is 68.2 Å². The van der Waals surface area contributed by atoms with Gasteiger partial charge in [0, 0.05) is 17.0 Å². The molecule has 0 aliphatic carbocycles. The summed E-state index contributed by atoms with van der Waals surface area (Å²) in [6, 6.07) is 0. The summed E-state index contributed by atoms with van der Waals surface area (Å²) in [7, 11) is 4.39. The van der Waals surface area contributed by atoms with E-state index in [0.29, 0.717) is 5.54 Å². The molecular weight excluding hydrogens is 142 g/mol. The molecule has 1 aliphatic rings. The minimum absolute atomic E-state index is 0.519. The first-order valence-corrected chi connectivity index (χ1v) is 5.00. The second kappa shape index (κ2) is 2.74. The molecule has 0 bridgehead atoms. The van der Waals surface area contributed by atoms with E-state index in [0.717, 1.165) is 5.92 Å². The van der Waals surface area contributed by atoms with Gasteiger partial charge >= 0.3 is 0 Å². The number of rotatable bonds is 2. The van der Waals surface area contributed by atoms with Crippen molar-refractivity contribution < 1.29 is 0 Å². The van der Waals surface area contributed by atoms with Gasteiger partial charge in [-0.1, -0.05) is 13.8 Å². The van der Waals surface area contributed by atoms with Crippen LogP contribution in [0.1, 0.15) is 13.8 Å². The van der Waals surface area contributed by atoms with Gasteiger partial charge < -0.3 is 4.90 Å². The molecule has 0 amide bonds. The van der Waals surface area contributed by atoms with Crippen LogP contribution in [-0.4, -0.2) is 36.0 Å². The molecule has 1 heterocycles. The van der Waals surface area contributed by atoms with Gasteiger partial charge in [-0.15, -0.1) is 0 Å². The predicted octanol–water partition coefficient (Wildman–Crippen LogP) is 1.69. The fraction of sp³-hybridized carbons (Fsp3) is 1.00. The van der Waals surface area contributed by atoms with Crippen LogP contribution >= 0.6 is 11.8 Å². The Hall–Kier alpha value is 0.310. The smallest absolute Gasteiger partial charge is 0.0406 e. The summed E-state index contributed by atoms with van der Waals surface area (Å²) >= 11 is 2.06. The van der Waals surface area contributed by atoms with E-state index >= 15 is 0 Å². The van der Waals surface area contributed by atoms with Crippen molar-refractivity contribution in [3.63, 3.8) is 0 Å². The van der Waals surface area contributed by atoms with E-state index in [-0.39, 0.29) is 0 Å². The van der Waals surface area contributed by atoms with Crippen LogP contribution in [0.5, 0.6) is 0 Å². The molecule has 60 valence electrons. The van der Waals surface area contributed by atoms with Crippen LogP contribution in [0.3, 0.4) is 0 Å². The Kier molecular flexibility index (Phi) is 2.31. The lowest BCUT2D eigenvalue weighted by molar-refractivity contribution is 0.134. The molecular formula is C8H17NS. The van der Waals surface area contributed by atoms with E-state index in [2.05, 4.69) is 44.6 Å². The Balaban J connectivity index is 2.59. The molecule has 0 unspecified atom stereocenters. The number of thioether (sulfide) groups is 1. The van der Waals surface area contributed by atoms with Gasteiger partial charge in [0.25, 0.3) is 0 Å². The highest BCUT2D eigenvalue weighted by atomic mass is 32.2. The summed E-state index contributed by atoms with van der Waals surface area (Å²) in [4.78, 5) is 2.38. The minimum atomic E-state index is 0.519. The van der Waals surface area contributed by atoms with Crippen LogP contribution in [0, 0.1) is 5.92 Å².